The highest BCUT2D eigenvalue weighted by atomic mass is 19.1. The van der Waals surface area contributed by atoms with Crippen molar-refractivity contribution in [1.82, 2.24) is 9.55 Å². The van der Waals surface area contributed by atoms with E-state index < -0.39 is 0 Å². The SMILES string of the molecule is CCn1c(CC(N)c2ccccc2)nc2ccc(F)cc21. The van der Waals surface area contributed by atoms with Gasteiger partial charge in [-0.25, -0.2) is 9.37 Å². The summed E-state index contributed by atoms with van der Waals surface area (Å²) in [6.07, 6.45) is 0.633. The van der Waals surface area contributed by atoms with Gasteiger partial charge in [0.1, 0.15) is 11.6 Å². The van der Waals surface area contributed by atoms with Crippen molar-refractivity contribution in [1.29, 1.82) is 0 Å². The molecule has 1 unspecified atom stereocenters. The summed E-state index contributed by atoms with van der Waals surface area (Å²) in [7, 11) is 0. The van der Waals surface area contributed by atoms with Crippen LogP contribution in [0.3, 0.4) is 0 Å². The molecular formula is C17H18FN3. The fourth-order valence-corrected chi connectivity index (χ4v) is 2.67. The minimum Gasteiger partial charge on any atom is -0.328 e. The van der Waals surface area contributed by atoms with Crippen molar-refractivity contribution in [3.8, 4) is 0 Å². The molecule has 108 valence electrons. The minimum absolute atomic E-state index is 0.113. The van der Waals surface area contributed by atoms with Gasteiger partial charge in [0, 0.05) is 19.0 Å². The topological polar surface area (TPSA) is 43.8 Å². The number of aromatic nitrogens is 2. The monoisotopic (exact) mass is 283 g/mol. The smallest absolute Gasteiger partial charge is 0.125 e. The zero-order chi connectivity index (χ0) is 14.8. The van der Waals surface area contributed by atoms with Gasteiger partial charge in [-0.1, -0.05) is 30.3 Å². The van der Waals surface area contributed by atoms with E-state index in [2.05, 4.69) is 4.98 Å². The van der Waals surface area contributed by atoms with Gasteiger partial charge in [-0.15, -0.1) is 0 Å². The lowest BCUT2D eigenvalue weighted by molar-refractivity contribution is 0.623. The lowest BCUT2D eigenvalue weighted by Gasteiger charge is -2.13. The Bertz CT molecular complexity index is 749. The van der Waals surface area contributed by atoms with Crippen LogP contribution in [0.15, 0.2) is 48.5 Å². The Morgan fingerprint density at radius 3 is 2.67 bits per heavy atom. The molecular weight excluding hydrogens is 265 g/mol. The predicted molar refractivity (Wildman–Crippen MR) is 82.4 cm³/mol. The predicted octanol–water partition coefficient (Wildman–Crippen LogP) is 3.44. The number of rotatable bonds is 4. The average molecular weight is 283 g/mol. The molecule has 0 aliphatic carbocycles. The summed E-state index contributed by atoms with van der Waals surface area (Å²) in [5.74, 6) is 0.658. The van der Waals surface area contributed by atoms with Crippen LogP contribution >= 0.6 is 0 Å². The number of fused-ring (bicyclic) bond motifs is 1. The second-order valence-corrected chi connectivity index (χ2v) is 5.13. The zero-order valence-corrected chi connectivity index (χ0v) is 12.0. The zero-order valence-electron chi connectivity index (χ0n) is 12.0. The highest BCUT2D eigenvalue weighted by Gasteiger charge is 2.14. The summed E-state index contributed by atoms with van der Waals surface area (Å²) in [6.45, 7) is 2.78. The minimum atomic E-state index is -0.240. The molecule has 0 fully saturated rings. The van der Waals surface area contributed by atoms with Crippen LogP contribution in [0, 0.1) is 5.82 Å². The van der Waals surface area contributed by atoms with Gasteiger partial charge in [0.2, 0.25) is 0 Å². The van der Waals surface area contributed by atoms with E-state index >= 15 is 0 Å². The van der Waals surface area contributed by atoms with Crippen molar-refractivity contribution >= 4 is 11.0 Å². The Hall–Kier alpha value is -2.20. The van der Waals surface area contributed by atoms with Crippen molar-refractivity contribution in [2.45, 2.75) is 25.9 Å². The first-order chi connectivity index (χ1) is 10.2. The Morgan fingerprint density at radius 2 is 1.95 bits per heavy atom. The molecule has 3 nitrogen and oxygen atoms in total. The summed E-state index contributed by atoms with van der Waals surface area (Å²) in [5.41, 5.74) is 9.00. The van der Waals surface area contributed by atoms with Gasteiger partial charge in [0.25, 0.3) is 0 Å². The van der Waals surface area contributed by atoms with Crippen molar-refractivity contribution in [2.24, 2.45) is 5.73 Å². The molecule has 0 aliphatic heterocycles. The van der Waals surface area contributed by atoms with E-state index in [4.69, 9.17) is 5.73 Å². The first kappa shape index (κ1) is 13.8. The first-order valence-electron chi connectivity index (χ1n) is 7.14. The fourth-order valence-electron chi connectivity index (χ4n) is 2.67. The fraction of sp³-hybridized carbons (Fsp3) is 0.235. The van der Waals surface area contributed by atoms with Gasteiger partial charge in [0.05, 0.1) is 11.0 Å². The lowest BCUT2D eigenvalue weighted by atomic mass is 10.0. The molecule has 0 bridgehead atoms. The van der Waals surface area contributed by atoms with E-state index in [1.807, 2.05) is 41.8 Å². The van der Waals surface area contributed by atoms with Crippen LogP contribution in [0.2, 0.25) is 0 Å². The number of imidazole rings is 1. The average Bonchev–Trinajstić information content (AvgIpc) is 2.84. The summed E-state index contributed by atoms with van der Waals surface area (Å²) in [5, 5.41) is 0. The Kier molecular flexibility index (Phi) is 3.71. The Balaban J connectivity index is 1.97. The summed E-state index contributed by atoms with van der Waals surface area (Å²) in [6, 6.07) is 14.5. The molecule has 0 aliphatic rings. The molecule has 3 rings (SSSR count). The normalized spacial score (nSPS) is 12.7. The van der Waals surface area contributed by atoms with E-state index in [0.29, 0.717) is 6.42 Å². The van der Waals surface area contributed by atoms with E-state index in [9.17, 15) is 4.39 Å². The molecule has 0 spiro atoms. The molecule has 2 aromatic carbocycles. The standard InChI is InChI=1S/C17H18FN3/c1-2-21-16-10-13(18)8-9-15(16)20-17(21)11-14(19)12-6-4-3-5-7-12/h3-10,14H,2,11,19H2,1H3. The largest absolute Gasteiger partial charge is 0.328 e. The summed E-state index contributed by atoms with van der Waals surface area (Å²) < 4.78 is 15.5. The third kappa shape index (κ3) is 2.67. The van der Waals surface area contributed by atoms with Crippen LogP contribution in [0.5, 0.6) is 0 Å². The van der Waals surface area contributed by atoms with Gasteiger partial charge in [0.15, 0.2) is 0 Å². The number of benzene rings is 2. The maximum Gasteiger partial charge on any atom is 0.125 e. The second kappa shape index (κ2) is 5.66. The molecule has 1 heterocycles. The van der Waals surface area contributed by atoms with Crippen LogP contribution in [0.25, 0.3) is 11.0 Å². The number of aryl methyl sites for hydroxylation is 1. The molecule has 0 radical (unpaired) electrons. The maximum absolute atomic E-state index is 13.4. The molecule has 1 atom stereocenters. The molecule has 0 amide bonds. The van der Waals surface area contributed by atoms with Crippen molar-refractivity contribution in [3.63, 3.8) is 0 Å². The van der Waals surface area contributed by atoms with Gasteiger partial charge < -0.3 is 10.3 Å². The molecule has 4 heteroatoms. The number of hydrogen-bond acceptors (Lipinski definition) is 2. The molecule has 1 aromatic heterocycles. The number of nitrogens with zero attached hydrogens (tertiary/aromatic N) is 2. The molecule has 21 heavy (non-hydrogen) atoms. The van der Waals surface area contributed by atoms with E-state index in [-0.39, 0.29) is 11.9 Å². The third-order valence-corrected chi connectivity index (χ3v) is 3.74. The van der Waals surface area contributed by atoms with Gasteiger partial charge in [-0.05, 0) is 30.7 Å². The van der Waals surface area contributed by atoms with E-state index in [0.717, 1.165) is 29.0 Å². The van der Waals surface area contributed by atoms with Crippen LogP contribution in [0.4, 0.5) is 4.39 Å². The number of halogens is 1. The van der Waals surface area contributed by atoms with Gasteiger partial charge >= 0.3 is 0 Å². The van der Waals surface area contributed by atoms with Crippen molar-refractivity contribution < 1.29 is 4.39 Å². The lowest BCUT2D eigenvalue weighted by Crippen LogP contribution is -2.16. The quantitative estimate of drug-likeness (QED) is 0.797. The van der Waals surface area contributed by atoms with Crippen LogP contribution in [0.1, 0.15) is 24.4 Å². The molecule has 0 saturated carbocycles. The van der Waals surface area contributed by atoms with E-state index in [1.54, 1.807) is 6.07 Å². The van der Waals surface area contributed by atoms with Crippen LogP contribution in [-0.2, 0) is 13.0 Å². The van der Waals surface area contributed by atoms with E-state index in [1.165, 1.54) is 12.1 Å². The van der Waals surface area contributed by atoms with Gasteiger partial charge in [-0.3, -0.25) is 0 Å². The summed E-state index contributed by atoms with van der Waals surface area (Å²) in [4.78, 5) is 4.61. The third-order valence-electron chi connectivity index (χ3n) is 3.74. The molecule has 2 N–H and O–H groups in total. The van der Waals surface area contributed by atoms with Crippen molar-refractivity contribution in [3.05, 3.63) is 65.7 Å². The van der Waals surface area contributed by atoms with Crippen LogP contribution < -0.4 is 5.73 Å². The Morgan fingerprint density at radius 1 is 1.19 bits per heavy atom. The van der Waals surface area contributed by atoms with Gasteiger partial charge in [-0.2, -0.15) is 0 Å². The number of nitrogens with two attached hydrogens (primary N) is 1. The second-order valence-electron chi connectivity index (χ2n) is 5.13. The van der Waals surface area contributed by atoms with Crippen LogP contribution in [-0.4, -0.2) is 9.55 Å². The molecule has 3 aromatic rings. The van der Waals surface area contributed by atoms with Crippen molar-refractivity contribution in [2.75, 3.05) is 0 Å². The highest BCUT2D eigenvalue weighted by molar-refractivity contribution is 5.76. The number of hydrogen-bond donors (Lipinski definition) is 1. The molecule has 0 saturated heterocycles. The highest BCUT2D eigenvalue weighted by Crippen LogP contribution is 2.21. The first-order valence-corrected chi connectivity index (χ1v) is 7.14. The maximum atomic E-state index is 13.4. The summed E-state index contributed by atoms with van der Waals surface area (Å²) >= 11 is 0. The Labute approximate surface area is 123 Å².